The molecule has 1 atom stereocenters. The molecule has 1 amide bonds. The molecular weight excluding hydrogens is 350 g/mol. The van der Waals surface area contributed by atoms with E-state index in [4.69, 9.17) is 0 Å². The van der Waals surface area contributed by atoms with Gasteiger partial charge in [0.05, 0.1) is 22.8 Å². The van der Waals surface area contributed by atoms with Gasteiger partial charge in [-0.1, -0.05) is 18.2 Å². The number of benzene rings is 1. The van der Waals surface area contributed by atoms with Crippen LogP contribution in [0.4, 0.5) is 8.78 Å². The minimum atomic E-state index is -3.63. The average molecular weight is 366 g/mol. The van der Waals surface area contributed by atoms with Crippen LogP contribution in [0.25, 0.3) is 0 Å². The minimum Gasteiger partial charge on any atom is -0.337 e. The van der Waals surface area contributed by atoms with Crippen LogP contribution in [0.2, 0.25) is 0 Å². The lowest BCUT2D eigenvalue weighted by Crippen LogP contribution is -2.34. The van der Waals surface area contributed by atoms with Gasteiger partial charge in [0, 0.05) is 24.8 Å². The fourth-order valence-electron chi connectivity index (χ4n) is 2.95. The number of hydrogen-bond donors (Lipinski definition) is 0. The fourth-order valence-corrected chi connectivity index (χ4v) is 4.75. The van der Waals surface area contributed by atoms with Crippen LogP contribution in [-0.4, -0.2) is 43.1 Å². The van der Waals surface area contributed by atoms with E-state index in [1.807, 2.05) is 0 Å². The summed E-state index contributed by atoms with van der Waals surface area (Å²) in [7, 11) is -3.63. The van der Waals surface area contributed by atoms with E-state index in [9.17, 15) is 22.0 Å². The molecule has 1 saturated heterocycles. The lowest BCUT2D eigenvalue weighted by molar-refractivity contribution is 0.0761. The zero-order chi connectivity index (χ0) is 18.0. The Morgan fingerprint density at radius 2 is 1.88 bits per heavy atom. The van der Waals surface area contributed by atoms with E-state index in [0.717, 1.165) is 6.20 Å². The lowest BCUT2D eigenvalue weighted by Gasteiger charge is -2.20. The van der Waals surface area contributed by atoms with Crippen LogP contribution in [-0.2, 0) is 9.84 Å². The number of amides is 1. The highest BCUT2D eigenvalue weighted by Crippen LogP contribution is 2.31. The molecule has 1 aliphatic rings. The third kappa shape index (κ3) is 3.53. The van der Waals surface area contributed by atoms with Crippen molar-refractivity contribution in [3.05, 3.63) is 65.5 Å². The monoisotopic (exact) mass is 366 g/mol. The van der Waals surface area contributed by atoms with E-state index in [1.54, 1.807) is 6.07 Å². The van der Waals surface area contributed by atoms with Gasteiger partial charge in [-0.25, -0.2) is 17.2 Å². The molecule has 1 fully saturated rings. The highest BCUT2D eigenvalue weighted by molar-refractivity contribution is 7.91. The summed E-state index contributed by atoms with van der Waals surface area (Å²) in [5.74, 6) is -2.24. The molecule has 0 spiro atoms. The standard InChI is InChI=1S/C17H16F2N2O3S/c18-14-4-2-1-3-12(14)16-6-8-21(9-10-25(16,23)24)17(22)13-5-7-20-11-15(13)19/h1-5,7,11,16H,6,8-10H2/t16-/m1/s1. The van der Waals surface area contributed by atoms with E-state index in [0.29, 0.717) is 0 Å². The van der Waals surface area contributed by atoms with Gasteiger partial charge in [0.25, 0.3) is 5.91 Å². The van der Waals surface area contributed by atoms with Gasteiger partial charge < -0.3 is 4.90 Å². The molecule has 8 heteroatoms. The number of carbonyl (C=O) groups is 1. The maximum Gasteiger partial charge on any atom is 0.256 e. The molecule has 2 aromatic rings. The fraction of sp³-hybridized carbons (Fsp3) is 0.294. The molecule has 0 bridgehead atoms. The number of rotatable bonds is 2. The Morgan fingerprint density at radius 1 is 1.12 bits per heavy atom. The van der Waals surface area contributed by atoms with Gasteiger partial charge in [0.1, 0.15) is 5.82 Å². The quantitative estimate of drug-likeness (QED) is 0.818. The summed E-state index contributed by atoms with van der Waals surface area (Å²) in [6.07, 6.45) is 2.29. The predicted octanol–water partition coefficient (Wildman–Crippen LogP) is 2.36. The third-order valence-corrected chi connectivity index (χ3v) is 6.39. The van der Waals surface area contributed by atoms with Crippen LogP contribution in [0.15, 0.2) is 42.7 Å². The lowest BCUT2D eigenvalue weighted by atomic mass is 10.1. The molecule has 5 nitrogen and oxygen atoms in total. The first-order valence-electron chi connectivity index (χ1n) is 7.75. The molecule has 0 unspecified atom stereocenters. The van der Waals surface area contributed by atoms with Gasteiger partial charge in [0.2, 0.25) is 0 Å². The third-order valence-electron chi connectivity index (χ3n) is 4.28. The predicted molar refractivity (Wildman–Crippen MR) is 87.6 cm³/mol. The molecule has 0 aliphatic carbocycles. The number of aromatic nitrogens is 1. The van der Waals surface area contributed by atoms with Crippen molar-refractivity contribution in [3.63, 3.8) is 0 Å². The van der Waals surface area contributed by atoms with E-state index in [-0.39, 0.29) is 36.4 Å². The second-order valence-corrected chi connectivity index (χ2v) is 8.12. The Hall–Kier alpha value is -2.35. The first kappa shape index (κ1) is 17.5. The van der Waals surface area contributed by atoms with Crippen LogP contribution < -0.4 is 0 Å². The van der Waals surface area contributed by atoms with Crippen LogP contribution >= 0.6 is 0 Å². The van der Waals surface area contributed by atoms with Gasteiger partial charge in [-0.05, 0) is 18.6 Å². The summed E-state index contributed by atoms with van der Waals surface area (Å²) in [6.45, 7) is 0.0344. The molecule has 2 heterocycles. The van der Waals surface area contributed by atoms with Crippen molar-refractivity contribution in [1.29, 1.82) is 0 Å². The Labute approximate surface area is 144 Å². The van der Waals surface area contributed by atoms with Gasteiger partial charge in [-0.3, -0.25) is 9.78 Å². The Morgan fingerprint density at radius 3 is 2.60 bits per heavy atom. The summed E-state index contributed by atoms with van der Waals surface area (Å²) in [5.41, 5.74) is -0.0522. The summed E-state index contributed by atoms with van der Waals surface area (Å²) in [6, 6.07) is 6.98. The Kier molecular flexibility index (Phi) is 4.80. The van der Waals surface area contributed by atoms with Crippen molar-refractivity contribution in [3.8, 4) is 0 Å². The second-order valence-electron chi connectivity index (χ2n) is 5.81. The van der Waals surface area contributed by atoms with Gasteiger partial charge >= 0.3 is 0 Å². The summed E-state index contributed by atoms with van der Waals surface area (Å²) in [5, 5.41) is -1.02. The summed E-state index contributed by atoms with van der Waals surface area (Å²) >= 11 is 0. The highest BCUT2D eigenvalue weighted by Gasteiger charge is 2.34. The number of hydrogen-bond acceptors (Lipinski definition) is 4. The number of halogens is 2. The average Bonchev–Trinajstić information content (AvgIpc) is 2.74. The van der Waals surface area contributed by atoms with Crippen LogP contribution in [0.5, 0.6) is 0 Å². The van der Waals surface area contributed by atoms with Crippen LogP contribution in [0, 0.1) is 11.6 Å². The van der Waals surface area contributed by atoms with Crippen molar-refractivity contribution >= 4 is 15.7 Å². The highest BCUT2D eigenvalue weighted by atomic mass is 32.2. The molecule has 1 aliphatic heterocycles. The zero-order valence-corrected chi connectivity index (χ0v) is 14.0. The Bertz CT molecular complexity index is 902. The van der Waals surface area contributed by atoms with Crippen molar-refractivity contribution in [1.82, 2.24) is 9.88 Å². The molecule has 0 N–H and O–H groups in total. The van der Waals surface area contributed by atoms with Crippen molar-refractivity contribution in [2.75, 3.05) is 18.8 Å². The second kappa shape index (κ2) is 6.87. The number of carbonyl (C=O) groups excluding carboxylic acids is 1. The Balaban J connectivity index is 1.87. The summed E-state index contributed by atoms with van der Waals surface area (Å²) in [4.78, 5) is 17.4. The molecule has 1 aromatic heterocycles. The minimum absolute atomic E-state index is 0.0573. The molecule has 1 aromatic carbocycles. The van der Waals surface area contributed by atoms with Gasteiger partial charge in [-0.15, -0.1) is 0 Å². The first-order chi connectivity index (χ1) is 11.9. The maximum absolute atomic E-state index is 14.0. The zero-order valence-electron chi connectivity index (χ0n) is 13.2. The molecular formula is C17H16F2N2O3S. The molecule has 25 heavy (non-hydrogen) atoms. The van der Waals surface area contributed by atoms with Crippen molar-refractivity contribution in [2.45, 2.75) is 11.7 Å². The topological polar surface area (TPSA) is 67.3 Å². The molecule has 0 saturated carbocycles. The van der Waals surface area contributed by atoms with E-state index in [1.165, 1.54) is 35.4 Å². The molecule has 3 rings (SSSR count). The van der Waals surface area contributed by atoms with Crippen LogP contribution in [0.1, 0.15) is 27.6 Å². The SMILES string of the molecule is O=C(c1ccncc1F)N1CC[C@H](c2ccccc2F)S(=O)(=O)CC1. The summed E-state index contributed by atoms with van der Waals surface area (Å²) < 4.78 is 52.9. The normalized spacial score (nSPS) is 20.1. The first-order valence-corrected chi connectivity index (χ1v) is 9.46. The smallest absolute Gasteiger partial charge is 0.256 e. The largest absolute Gasteiger partial charge is 0.337 e. The van der Waals surface area contributed by atoms with Crippen LogP contribution in [0.3, 0.4) is 0 Å². The maximum atomic E-state index is 14.0. The van der Waals surface area contributed by atoms with Gasteiger partial charge in [-0.2, -0.15) is 0 Å². The van der Waals surface area contributed by atoms with E-state index in [2.05, 4.69) is 4.98 Å². The van der Waals surface area contributed by atoms with E-state index < -0.39 is 32.6 Å². The van der Waals surface area contributed by atoms with Crippen molar-refractivity contribution < 1.29 is 22.0 Å². The molecule has 132 valence electrons. The van der Waals surface area contributed by atoms with Crippen molar-refractivity contribution in [2.24, 2.45) is 0 Å². The van der Waals surface area contributed by atoms with E-state index >= 15 is 0 Å². The number of nitrogens with zero attached hydrogens (tertiary/aromatic N) is 2. The molecule has 0 radical (unpaired) electrons. The number of pyridine rings is 1. The number of sulfone groups is 1. The van der Waals surface area contributed by atoms with Gasteiger partial charge in [0.15, 0.2) is 15.7 Å².